The highest BCUT2D eigenvalue weighted by atomic mass is 16.6. The lowest BCUT2D eigenvalue weighted by molar-refractivity contribution is -0.167. The van der Waals surface area contributed by atoms with Gasteiger partial charge in [0.25, 0.3) is 0 Å². The smallest absolute Gasteiger partial charge is 0.306 e. The summed E-state index contributed by atoms with van der Waals surface area (Å²) in [4.78, 5) is 38.1. The highest BCUT2D eigenvalue weighted by molar-refractivity contribution is 5.71. The summed E-state index contributed by atoms with van der Waals surface area (Å²) < 4.78 is 16.9. The minimum atomic E-state index is -0.765. The Bertz CT molecular complexity index is 1010. The third kappa shape index (κ3) is 53.0. The first kappa shape index (κ1) is 63.1. The van der Waals surface area contributed by atoms with Gasteiger partial charge in [0.1, 0.15) is 13.2 Å². The first-order valence-corrected chi connectivity index (χ1v) is 29.2. The molecule has 0 aliphatic rings. The lowest BCUT2D eigenvalue weighted by Crippen LogP contribution is -2.30. The molecule has 0 aliphatic heterocycles. The Morgan fingerprint density at radius 1 is 0.292 bits per heavy atom. The maximum absolute atomic E-state index is 12.8. The zero-order chi connectivity index (χ0) is 47.2. The number of allylic oxidation sites excluding steroid dienone is 2. The number of ether oxygens (including phenoxy) is 3. The number of hydrogen-bond acceptors (Lipinski definition) is 6. The van der Waals surface area contributed by atoms with Gasteiger partial charge in [-0.3, -0.25) is 14.4 Å². The standard InChI is InChI=1S/C59H112O6/c1-4-7-10-13-16-19-22-25-27-28-29-30-32-34-37-40-43-46-49-52-58(61)64-55-56(54-63-57(60)51-48-45-42-39-36-33-24-21-18-15-12-9-6-3)65-59(62)53-50-47-44-41-38-35-31-26-23-20-17-14-11-8-5-2/h28-29,56H,4-27,30-55H2,1-3H3/b29-28-. The first-order valence-electron chi connectivity index (χ1n) is 29.2. The van der Waals surface area contributed by atoms with Crippen LogP contribution in [0.5, 0.6) is 0 Å². The third-order valence-corrected chi connectivity index (χ3v) is 13.3. The summed E-state index contributed by atoms with van der Waals surface area (Å²) in [7, 11) is 0. The molecule has 0 aliphatic carbocycles. The van der Waals surface area contributed by atoms with Crippen LogP contribution < -0.4 is 0 Å². The molecule has 0 spiro atoms. The Hall–Kier alpha value is -1.85. The second-order valence-electron chi connectivity index (χ2n) is 19.9. The third-order valence-electron chi connectivity index (χ3n) is 13.3. The van der Waals surface area contributed by atoms with Gasteiger partial charge in [0.05, 0.1) is 0 Å². The summed E-state index contributed by atoms with van der Waals surface area (Å²) in [5.41, 5.74) is 0. The summed E-state index contributed by atoms with van der Waals surface area (Å²) in [5, 5.41) is 0. The van der Waals surface area contributed by atoms with Gasteiger partial charge in [-0.1, -0.05) is 277 Å². The van der Waals surface area contributed by atoms with E-state index in [-0.39, 0.29) is 31.1 Å². The van der Waals surface area contributed by atoms with Crippen molar-refractivity contribution < 1.29 is 28.6 Å². The van der Waals surface area contributed by atoms with E-state index in [0.717, 1.165) is 57.8 Å². The van der Waals surface area contributed by atoms with Crippen LogP contribution in [0.25, 0.3) is 0 Å². The highest BCUT2D eigenvalue weighted by Crippen LogP contribution is 2.17. The second-order valence-corrected chi connectivity index (χ2v) is 19.9. The Morgan fingerprint density at radius 3 is 0.769 bits per heavy atom. The van der Waals surface area contributed by atoms with Gasteiger partial charge in [-0.05, 0) is 44.9 Å². The van der Waals surface area contributed by atoms with E-state index in [4.69, 9.17) is 14.2 Å². The highest BCUT2D eigenvalue weighted by Gasteiger charge is 2.19. The van der Waals surface area contributed by atoms with Crippen LogP contribution in [0, 0.1) is 0 Å². The Balaban J connectivity index is 4.29. The SMILES string of the molecule is CCCCCCCCCC/C=C\CCCCCCCCCC(=O)OCC(COC(=O)CCCCCCCCCCCCCCC)OC(=O)CCCCCCCCCCCCCCCCC. The second kappa shape index (κ2) is 54.8. The van der Waals surface area contributed by atoms with E-state index in [1.165, 1.54) is 231 Å². The number of esters is 3. The van der Waals surface area contributed by atoms with Gasteiger partial charge >= 0.3 is 17.9 Å². The Morgan fingerprint density at radius 2 is 0.508 bits per heavy atom. The van der Waals surface area contributed by atoms with Crippen molar-refractivity contribution >= 4 is 17.9 Å². The van der Waals surface area contributed by atoms with Crippen LogP contribution in [0.4, 0.5) is 0 Å². The molecule has 0 amide bonds. The molecule has 0 aromatic carbocycles. The molecule has 1 unspecified atom stereocenters. The monoisotopic (exact) mass is 917 g/mol. The van der Waals surface area contributed by atoms with Gasteiger partial charge in [-0.15, -0.1) is 0 Å². The molecular weight excluding hydrogens is 805 g/mol. The van der Waals surface area contributed by atoms with E-state index >= 15 is 0 Å². The van der Waals surface area contributed by atoms with Gasteiger partial charge in [-0.2, -0.15) is 0 Å². The number of hydrogen-bond donors (Lipinski definition) is 0. The molecule has 65 heavy (non-hydrogen) atoms. The minimum Gasteiger partial charge on any atom is -0.462 e. The molecule has 0 aromatic rings. The van der Waals surface area contributed by atoms with Crippen molar-refractivity contribution in [2.45, 2.75) is 335 Å². The molecular formula is C59H112O6. The van der Waals surface area contributed by atoms with Crippen molar-refractivity contribution in [2.75, 3.05) is 13.2 Å². The summed E-state index contributed by atoms with van der Waals surface area (Å²) in [6.07, 6.45) is 62.0. The fourth-order valence-electron chi connectivity index (χ4n) is 8.85. The van der Waals surface area contributed by atoms with Crippen molar-refractivity contribution in [3.05, 3.63) is 12.2 Å². The number of unbranched alkanes of at least 4 members (excludes halogenated alkanes) is 41. The zero-order valence-corrected chi connectivity index (χ0v) is 44.0. The van der Waals surface area contributed by atoms with Crippen molar-refractivity contribution in [3.63, 3.8) is 0 Å². The van der Waals surface area contributed by atoms with Crippen LogP contribution in [0.2, 0.25) is 0 Å². The molecule has 0 aromatic heterocycles. The van der Waals surface area contributed by atoms with Crippen molar-refractivity contribution in [1.82, 2.24) is 0 Å². The molecule has 0 N–H and O–H groups in total. The van der Waals surface area contributed by atoms with Gasteiger partial charge < -0.3 is 14.2 Å². The van der Waals surface area contributed by atoms with Gasteiger partial charge in [0.2, 0.25) is 0 Å². The zero-order valence-electron chi connectivity index (χ0n) is 44.0. The molecule has 6 nitrogen and oxygen atoms in total. The number of rotatable bonds is 54. The fraction of sp³-hybridized carbons (Fsp3) is 0.915. The van der Waals surface area contributed by atoms with E-state index in [2.05, 4.69) is 32.9 Å². The predicted molar refractivity (Wildman–Crippen MR) is 280 cm³/mol. The van der Waals surface area contributed by atoms with E-state index in [9.17, 15) is 14.4 Å². The lowest BCUT2D eigenvalue weighted by Gasteiger charge is -2.18. The topological polar surface area (TPSA) is 78.9 Å². The molecule has 0 fully saturated rings. The Labute approximate surface area is 405 Å². The molecule has 0 heterocycles. The number of carbonyl (C=O) groups is 3. The number of carbonyl (C=O) groups excluding carboxylic acids is 3. The summed E-state index contributed by atoms with van der Waals surface area (Å²) in [6, 6.07) is 0. The molecule has 0 rings (SSSR count). The van der Waals surface area contributed by atoms with E-state index in [0.29, 0.717) is 19.3 Å². The van der Waals surface area contributed by atoms with Gasteiger partial charge in [0, 0.05) is 19.3 Å². The van der Waals surface area contributed by atoms with Crippen LogP contribution in [-0.2, 0) is 28.6 Å². The van der Waals surface area contributed by atoms with Crippen LogP contribution in [0.15, 0.2) is 12.2 Å². The maximum Gasteiger partial charge on any atom is 0.306 e. The largest absolute Gasteiger partial charge is 0.462 e. The van der Waals surface area contributed by atoms with Crippen LogP contribution in [0.3, 0.4) is 0 Å². The molecule has 0 saturated heterocycles. The molecule has 0 saturated carbocycles. The maximum atomic E-state index is 12.8. The fourth-order valence-corrected chi connectivity index (χ4v) is 8.85. The lowest BCUT2D eigenvalue weighted by atomic mass is 10.0. The van der Waals surface area contributed by atoms with Crippen molar-refractivity contribution in [1.29, 1.82) is 0 Å². The van der Waals surface area contributed by atoms with Crippen molar-refractivity contribution in [2.24, 2.45) is 0 Å². The summed E-state index contributed by atoms with van der Waals surface area (Å²) in [5.74, 6) is -0.845. The Kier molecular flexibility index (Phi) is 53.2. The molecule has 0 radical (unpaired) electrons. The molecule has 384 valence electrons. The quantitative estimate of drug-likeness (QED) is 0.0262. The van der Waals surface area contributed by atoms with Crippen LogP contribution in [-0.4, -0.2) is 37.2 Å². The molecule has 1 atom stereocenters. The van der Waals surface area contributed by atoms with Crippen molar-refractivity contribution in [3.8, 4) is 0 Å². The molecule has 0 bridgehead atoms. The first-order chi connectivity index (χ1) is 32.0. The average Bonchev–Trinajstić information content (AvgIpc) is 3.30. The summed E-state index contributed by atoms with van der Waals surface area (Å²) in [6.45, 7) is 6.69. The van der Waals surface area contributed by atoms with Crippen LogP contribution in [0.1, 0.15) is 329 Å². The summed E-state index contributed by atoms with van der Waals surface area (Å²) >= 11 is 0. The van der Waals surface area contributed by atoms with E-state index < -0.39 is 6.10 Å². The minimum absolute atomic E-state index is 0.0653. The van der Waals surface area contributed by atoms with Crippen LogP contribution >= 0.6 is 0 Å². The molecule has 6 heteroatoms. The normalized spacial score (nSPS) is 12.0. The van der Waals surface area contributed by atoms with Gasteiger partial charge in [0.15, 0.2) is 6.10 Å². The van der Waals surface area contributed by atoms with E-state index in [1.54, 1.807) is 0 Å². The average molecular weight is 918 g/mol. The van der Waals surface area contributed by atoms with E-state index in [1.807, 2.05) is 0 Å². The van der Waals surface area contributed by atoms with Gasteiger partial charge in [-0.25, -0.2) is 0 Å². The predicted octanol–water partition coefficient (Wildman–Crippen LogP) is 19.3.